The van der Waals surface area contributed by atoms with E-state index in [0.717, 1.165) is 21.5 Å². The lowest BCUT2D eigenvalue weighted by Gasteiger charge is -2.04. The molecule has 0 aliphatic carbocycles. The van der Waals surface area contributed by atoms with Crippen LogP contribution in [0.4, 0.5) is 11.4 Å². The largest absolute Gasteiger partial charge is 0.325 e. The number of rotatable bonds is 4. The summed E-state index contributed by atoms with van der Waals surface area (Å²) in [7, 11) is -3.07. The van der Waals surface area contributed by atoms with Crippen molar-refractivity contribution in [3.05, 3.63) is 53.0 Å². The molecule has 1 atom stereocenters. The van der Waals surface area contributed by atoms with Crippen molar-refractivity contribution < 1.29 is 13.2 Å². The molecule has 0 bridgehead atoms. The summed E-state index contributed by atoms with van der Waals surface area (Å²) in [4.78, 5) is 21.1. The van der Waals surface area contributed by atoms with Gasteiger partial charge in [0.25, 0.3) is 0 Å². The van der Waals surface area contributed by atoms with Crippen LogP contribution in [0, 0.1) is 0 Å². The molecule has 0 radical (unpaired) electrons. The number of anilines is 1. The molecule has 6 nitrogen and oxygen atoms in total. The summed E-state index contributed by atoms with van der Waals surface area (Å²) in [5, 5.41) is 2.88. The van der Waals surface area contributed by atoms with Gasteiger partial charge in [-0.25, -0.2) is 13.4 Å². The molecule has 1 aliphatic rings. The summed E-state index contributed by atoms with van der Waals surface area (Å²) in [6.45, 7) is 0. The van der Waals surface area contributed by atoms with Crippen molar-refractivity contribution in [2.45, 2.75) is 11.7 Å². The number of sulfone groups is 1. The number of nitrogens with one attached hydrogen (secondary N) is 1. The van der Waals surface area contributed by atoms with E-state index in [1.54, 1.807) is 36.0 Å². The Labute approximate surface area is 154 Å². The summed E-state index contributed by atoms with van der Waals surface area (Å²) in [5.74, 6) is -0.582. The van der Waals surface area contributed by atoms with E-state index >= 15 is 0 Å². The Kier molecular flexibility index (Phi) is 4.08. The zero-order valence-electron chi connectivity index (χ0n) is 13.8. The molecule has 2 aromatic carbocycles. The van der Waals surface area contributed by atoms with Crippen LogP contribution in [-0.4, -0.2) is 31.8 Å². The highest BCUT2D eigenvalue weighted by molar-refractivity contribution is 7.89. The minimum atomic E-state index is -3.07. The second kappa shape index (κ2) is 6.30. The van der Waals surface area contributed by atoms with E-state index < -0.39 is 15.8 Å². The second-order valence-corrected chi connectivity index (χ2v) is 9.20. The summed E-state index contributed by atoms with van der Waals surface area (Å²) >= 11 is 1.51. The number of carbonyl (C=O) groups excluding carboxylic acids is 1. The SMILES string of the molecule is CS(=O)(=O)Cc1ccc(N=CC2C(=O)Nc3ccc4ncsc4c32)cc1. The summed E-state index contributed by atoms with van der Waals surface area (Å²) < 4.78 is 23.7. The number of benzene rings is 2. The summed E-state index contributed by atoms with van der Waals surface area (Å²) in [5.41, 5.74) is 5.72. The number of hydrogen-bond acceptors (Lipinski definition) is 6. The van der Waals surface area contributed by atoms with Crippen molar-refractivity contribution in [1.29, 1.82) is 0 Å². The van der Waals surface area contributed by atoms with Crippen molar-refractivity contribution in [3.8, 4) is 0 Å². The first-order valence-electron chi connectivity index (χ1n) is 7.88. The Morgan fingerprint density at radius 1 is 1.23 bits per heavy atom. The van der Waals surface area contributed by atoms with Crippen molar-refractivity contribution in [2.75, 3.05) is 11.6 Å². The highest BCUT2D eigenvalue weighted by Crippen LogP contribution is 2.39. The molecule has 4 rings (SSSR count). The number of amides is 1. The van der Waals surface area contributed by atoms with Crippen molar-refractivity contribution in [3.63, 3.8) is 0 Å². The maximum atomic E-state index is 12.3. The molecule has 3 aromatic rings. The molecule has 1 unspecified atom stereocenters. The van der Waals surface area contributed by atoms with Crippen molar-refractivity contribution in [2.24, 2.45) is 4.99 Å². The van der Waals surface area contributed by atoms with E-state index in [4.69, 9.17) is 0 Å². The molecule has 2 heterocycles. The highest BCUT2D eigenvalue weighted by atomic mass is 32.2. The Balaban J connectivity index is 1.62. The lowest BCUT2D eigenvalue weighted by Crippen LogP contribution is -2.12. The number of carbonyl (C=O) groups is 1. The number of nitrogens with zero attached hydrogens (tertiary/aromatic N) is 2. The van der Waals surface area contributed by atoms with Crippen LogP contribution in [0.2, 0.25) is 0 Å². The van der Waals surface area contributed by atoms with Gasteiger partial charge in [-0.3, -0.25) is 9.79 Å². The smallest absolute Gasteiger partial charge is 0.237 e. The molecule has 0 spiro atoms. The predicted molar refractivity (Wildman–Crippen MR) is 104 cm³/mol. The van der Waals surface area contributed by atoms with Crippen LogP contribution in [0.15, 0.2) is 46.9 Å². The van der Waals surface area contributed by atoms with E-state index in [1.165, 1.54) is 17.6 Å². The van der Waals surface area contributed by atoms with Gasteiger partial charge in [0.2, 0.25) is 5.91 Å². The van der Waals surface area contributed by atoms with E-state index in [2.05, 4.69) is 15.3 Å². The molecule has 0 saturated heterocycles. The molecule has 1 N–H and O–H groups in total. The highest BCUT2D eigenvalue weighted by Gasteiger charge is 2.31. The van der Waals surface area contributed by atoms with Gasteiger partial charge in [-0.1, -0.05) is 12.1 Å². The zero-order valence-corrected chi connectivity index (χ0v) is 15.5. The first-order chi connectivity index (χ1) is 12.4. The van der Waals surface area contributed by atoms with Crippen LogP contribution in [0.3, 0.4) is 0 Å². The van der Waals surface area contributed by atoms with Gasteiger partial charge in [0.15, 0.2) is 9.84 Å². The lowest BCUT2D eigenvalue weighted by molar-refractivity contribution is -0.115. The molecular formula is C18H15N3O3S2. The quantitative estimate of drug-likeness (QED) is 0.698. The van der Waals surface area contributed by atoms with Crippen LogP contribution in [0.1, 0.15) is 17.0 Å². The van der Waals surface area contributed by atoms with Gasteiger partial charge in [0.05, 0.1) is 27.2 Å². The summed E-state index contributed by atoms with van der Waals surface area (Å²) in [6, 6.07) is 10.7. The van der Waals surface area contributed by atoms with Crippen LogP contribution >= 0.6 is 11.3 Å². The maximum Gasteiger partial charge on any atom is 0.237 e. The predicted octanol–water partition coefficient (Wildman–Crippen LogP) is 3.28. The molecule has 0 saturated carbocycles. The number of thiazole rings is 1. The third-order valence-corrected chi connectivity index (χ3v) is 5.86. The van der Waals surface area contributed by atoms with Crippen LogP contribution < -0.4 is 5.32 Å². The molecule has 1 amide bonds. The average molecular weight is 385 g/mol. The third-order valence-electron chi connectivity index (χ3n) is 4.13. The van der Waals surface area contributed by atoms with Gasteiger partial charge in [0, 0.05) is 23.7 Å². The van der Waals surface area contributed by atoms with E-state index in [9.17, 15) is 13.2 Å². The fourth-order valence-corrected chi connectivity index (χ4v) is 4.67. The standard InChI is InChI=1S/C18H15N3O3S2/c1-26(23,24)9-11-2-4-12(5-3-11)19-8-13-16-14(21-18(13)22)6-7-15-17(16)25-10-20-15/h2-8,10,13H,9H2,1H3,(H,21,22). The molecule has 132 valence electrons. The number of hydrogen-bond donors (Lipinski definition) is 1. The van der Waals surface area contributed by atoms with E-state index in [-0.39, 0.29) is 11.7 Å². The van der Waals surface area contributed by atoms with Crippen molar-refractivity contribution in [1.82, 2.24) is 4.98 Å². The Bertz CT molecular complexity index is 1130. The van der Waals surface area contributed by atoms with Crippen LogP contribution in [0.5, 0.6) is 0 Å². The Hall–Kier alpha value is -2.58. The fourth-order valence-electron chi connectivity index (χ4n) is 2.99. The molecule has 26 heavy (non-hydrogen) atoms. The number of aliphatic imine (C=N–C) groups is 1. The molecule has 8 heteroatoms. The van der Waals surface area contributed by atoms with Gasteiger partial charge in [-0.2, -0.15) is 0 Å². The molecular weight excluding hydrogens is 370 g/mol. The number of aromatic nitrogens is 1. The van der Waals surface area contributed by atoms with Crippen LogP contribution in [0.25, 0.3) is 10.2 Å². The fraction of sp³-hybridized carbons (Fsp3) is 0.167. The lowest BCUT2D eigenvalue weighted by atomic mass is 10.0. The third kappa shape index (κ3) is 3.25. The molecule has 1 aliphatic heterocycles. The first kappa shape index (κ1) is 16.9. The van der Waals surface area contributed by atoms with E-state index in [1.807, 2.05) is 12.1 Å². The van der Waals surface area contributed by atoms with Gasteiger partial charge >= 0.3 is 0 Å². The topological polar surface area (TPSA) is 88.5 Å². The minimum Gasteiger partial charge on any atom is -0.325 e. The van der Waals surface area contributed by atoms with Crippen molar-refractivity contribution >= 4 is 54.9 Å². The maximum absolute atomic E-state index is 12.3. The van der Waals surface area contributed by atoms with Gasteiger partial charge in [-0.15, -0.1) is 11.3 Å². The van der Waals surface area contributed by atoms with Gasteiger partial charge in [-0.05, 0) is 29.8 Å². The van der Waals surface area contributed by atoms with Crippen LogP contribution in [-0.2, 0) is 20.4 Å². The molecule has 0 fully saturated rings. The zero-order chi connectivity index (χ0) is 18.3. The summed E-state index contributed by atoms with van der Waals surface area (Å²) in [6.07, 6.45) is 2.83. The minimum absolute atomic E-state index is 0.00123. The second-order valence-electron chi connectivity index (χ2n) is 6.21. The number of fused-ring (bicyclic) bond motifs is 3. The Morgan fingerprint density at radius 3 is 2.73 bits per heavy atom. The monoisotopic (exact) mass is 385 g/mol. The van der Waals surface area contributed by atoms with E-state index in [0.29, 0.717) is 11.3 Å². The normalized spacial score (nSPS) is 17.0. The first-order valence-corrected chi connectivity index (χ1v) is 10.8. The van der Waals surface area contributed by atoms with Gasteiger partial charge < -0.3 is 5.32 Å². The van der Waals surface area contributed by atoms with Gasteiger partial charge in [0.1, 0.15) is 5.92 Å². The molecule has 1 aromatic heterocycles. The Morgan fingerprint density at radius 2 is 2.00 bits per heavy atom. The average Bonchev–Trinajstić information content (AvgIpc) is 3.16.